The monoisotopic (exact) mass is 579 g/mol. The molecule has 41 heavy (non-hydrogen) atoms. The molecular formula is C25H19F6N7O3. The van der Waals surface area contributed by atoms with Gasteiger partial charge in [0.1, 0.15) is 28.6 Å². The Hall–Kier alpha value is -4.76. The normalized spacial score (nSPS) is 17.0. The second-order valence-corrected chi connectivity index (χ2v) is 9.37. The molecule has 0 aliphatic carbocycles. The number of alkyl halides is 5. The van der Waals surface area contributed by atoms with Gasteiger partial charge in [-0.3, -0.25) is 4.79 Å². The lowest BCUT2D eigenvalue weighted by atomic mass is 9.78. The summed E-state index contributed by atoms with van der Waals surface area (Å²) in [6.07, 6.45) is -5.90. The molecule has 0 bridgehead atoms. The highest BCUT2D eigenvalue weighted by Gasteiger charge is 2.56. The van der Waals surface area contributed by atoms with Crippen molar-refractivity contribution in [2.75, 3.05) is 18.2 Å². The SMILES string of the molecule is COC(=O)c1cn2cc(-c3nc(N)c4c(n3)NC(=O)C4(C)c3ccc(F)cc3)nc(CCC(F)(F)C(F)(F)F)c2n1. The number of nitrogens with zero attached hydrogens (tertiary/aromatic N) is 5. The van der Waals surface area contributed by atoms with Crippen LogP contribution in [0, 0.1) is 5.82 Å². The molecule has 1 atom stereocenters. The maximum Gasteiger partial charge on any atom is 0.453 e. The van der Waals surface area contributed by atoms with E-state index in [1.807, 2.05) is 0 Å². The average Bonchev–Trinajstić information content (AvgIpc) is 3.45. The third-order valence-electron chi connectivity index (χ3n) is 6.77. The third-order valence-corrected chi connectivity index (χ3v) is 6.77. The first-order chi connectivity index (χ1) is 19.2. The molecule has 0 fully saturated rings. The van der Waals surface area contributed by atoms with E-state index in [9.17, 15) is 35.9 Å². The molecule has 0 saturated heterocycles. The van der Waals surface area contributed by atoms with Crippen molar-refractivity contribution in [2.45, 2.75) is 37.3 Å². The van der Waals surface area contributed by atoms with Crippen LogP contribution in [-0.4, -0.2) is 55.4 Å². The average molecular weight is 579 g/mol. The number of esters is 1. The van der Waals surface area contributed by atoms with Crippen molar-refractivity contribution < 1.29 is 40.7 Å². The number of aromatic nitrogens is 5. The van der Waals surface area contributed by atoms with E-state index in [4.69, 9.17) is 5.73 Å². The Bertz CT molecular complexity index is 1700. The van der Waals surface area contributed by atoms with Crippen LogP contribution in [-0.2, 0) is 21.4 Å². The molecule has 4 aromatic rings. The van der Waals surface area contributed by atoms with E-state index in [2.05, 4.69) is 30.0 Å². The number of imidazole rings is 1. The van der Waals surface area contributed by atoms with Crippen molar-refractivity contribution in [1.29, 1.82) is 0 Å². The van der Waals surface area contributed by atoms with Gasteiger partial charge in [0.25, 0.3) is 0 Å². The van der Waals surface area contributed by atoms with Gasteiger partial charge in [0.05, 0.1) is 18.4 Å². The Morgan fingerprint density at radius 3 is 2.39 bits per heavy atom. The number of hydrogen-bond donors (Lipinski definition) is 2. The number of ether oxygens (including phenoxy) is 1. The summed E-state index contributed by atoms with van der Waals surface area (Å²) in [5, 5.41) is 2.60. The second-order valence-electron chi connectivity index (χ2n) is 9.37. The van der Waals surface area contributed by atoms with Crippen LogP contribution in [0.3, 0.4) is 0 Å². The van der Waals surface area contributed by atoms with Gasteiger partial charge in [0.15, 0.2) is 17.2 Å². The first-order valence-corrected chi connectivity index (χ1v) is 11.8. The first kappa shape index (κ1) is 27.8. The van der Waals surface area contributed by atoms with Crippen LogP contribution in [0.5, 0.6) is 0 Å². The van der Waals surface area contributed by atoms with Gasteiger partial charge in [-0.15, -0.1) is 0 Å². The minimum atomic E-state index is -5.79. The molecule has 0 radical (unpaired) electrons. The summed E-state index contributed by atoms with van der Waals surface area (Å²) >= 11 is 0. The Morgan fingerprint density at radius 2 is 1.76 bits per heavy atom. The Morgan fingerprint density at radius 1 is 1.07 bits per heavy atom. The van der Waals surface area contributed by atoms with Crippen molar-refractivity contribution in [1.82, 2.24) is 24.3 Å². The minimum Gasteiger partial charge on any atom is -0.464 e. The fourth-order valence-electron chi connectivity index (χ4n) is 4.54. The quantitative estimate of drug-likeness (QED) is 0.258. The summed E-state index contributed by atoms with van der Waals surface area (Å²) in [5.41, 5.74) is 4.58. The van der Waals surface area contributed by atoms with Gasteiger partial charge < -0.3 is 20.2 Å². The van der Waals surface area contributed by atoms with E-state index in [1.165, 1.54) is 41.1 Å². The third kappa shape index (κ3) is 4.58. The lowest BCUT2D eigenvalue weighted by Gasteiger charge is -2.23. The summed E-state index contributed by atoms with van der Waals surface area (Å²) in [4.78, 5) is 41.8. The number of carbonyl (C=O) groups is 2. The van der Waals surface area contributed by atoms with Crippen LogP contribution in [0.4, 0.5) is 38.0 Å². The number of benzene rings is 1. The highest BCUT2D eigenvalue weighted by molar-refractivity contribution is 6.09. The number of aryl methyl sites for hydroxylation is 1. The molecule has 0 saturated carbocycles. The summed E-state index contributed by atoms with van der Waals surface area (Å²) in [6, 6.07) is 5.17. The number of nitrogen functional groups attached to an aromatic ring is 1. The molecule has 0 spiro atoms. The lowest BCUT2D eigenvalue weighted by molar-refractivity contribution is -0.284. The number of amides is 1. The number of nitrogens with two attached hydrogens (primary N) is 1. The lowest BCUT2D eigenvalue weighted by Crippen LogP contribution is -2.36. The highest BCUT2D eigenvalue weighted by Crippen LogP contribution is 2.45. The van der Waals surface area contributed by atoms with Gasteiger partial charge >= 0.3 is 18.1 Å². The molecule has 10 nitrogen and oxygen atoms in total. The second kappa shape index (κ2) is 9.42. The molecule has 1 amide bonds. The van der Waals surface area contributed by atoms with Gasteiger partial charge in [0, 0.05) is 18.8 Å². The van der Waals surface area contributed by atoms with Crippen LogP contribution in [0.2, 0.25) is 0 Å². The standard InChI is InChI=1S/C25H19F6N7O3/c1-23(11-3-5-12(26)6-4-11)16-17(32)35-18(36-19(16)37-22(23)40)14-9-38-10-15(21(39)41-2)34-20(38)13(33-14)7-8-24(27,28)25(29,30)31/h3-6,9-10H,7-8H2,1-2H3,(H3,32,35,36,37,40). The van der Waals surface area contributed by atoms with Crippen LogP contribution in [0.1, 0.15) is 40.7 Å². The van der Waals surface area contributed by atoms with Gasteiger partial charge in [0.2, 0.25) is 5.91 Å². The van der Waals surface area contributed by atoms with E-state index < -0.39 is 48.0 Å². The van der Waals surface area contributed by atoms with Gasteiger partial charge in [-0.1, -0.05) is 12.1 Å². The Labute approximate surface area is 226 Å². The zero-order chi connectivity index (χ0) is 29.9. The maximum atomic E-state index is 13.7. The maximum absolute atomic E-state index is 13.7. The predicted octanol–water partition coefficient (Wildman–Crippen LogP) is 4.08. The smallest absolute Gasteiger partial charge is 0.453 e. The predicted molar refractivity (Wildman–Crippen MR) is 131 cm³/mol. The highest BCUT2D eigenvalue weighted by atomic mass is 19.4. The molecule has 1 aliphatic heterocycles. The molecule has 4 heterocycles. The molecule has 214 valence electrons. The number of methoxy groups -OCH3 is 1. The van der Waals surface area contributed by atoms with Gasteiger partial charge in [-0.05, 0) is 31.0 Å². The van der Waals surface area contributed by atoms with Crippen molar-refractivity contribution in [3.63, 3.8) is 0 Å². The fourth-order valence-corrected chi connectivity index (χ4v) is 4.54. The molecule has 1 aromatic carbocycles. The summed E-state index contributed by atoms with van der Waals surface area (Å²) < 4.78 is 85.3. The van der Waals surface area contributed by atoms with E-state index in [-0.39, 0.29) is 45.8 Å². The molecule has 1 aliphatic rings. The molecule has 16 heteroatoms. The van der Waals surface area contributed by atoms with Crippen LogP contribution < -0.4 is 11.1 Å². The zero-order valence-corrected chi connectivity index (χ0v) is 21.2. The number of anilines is 2. The largest absolute Gasteiger partial charge is 0.464 e. The van der Waals surface area contributed by atoms with Crippen molar-refractivity contribution >= 4 is 29.2 Å². The minimum absolute atomic E-state index is 0.00254. The van der Waals surface area contributed by atoms with E-state index >= 15 is 0 Å². The number of carbonyl (C=O) groups excluding carboxylic acids is 2. The molecule has 5 rings (SSSR count). The zero-order valence-electron chi connectivity index (χ0n) is 21.2. The van der Waals surface area contributed by atoms with Crippen LogP contribution in [0.15, 0.2) is 36.7 Å². The Kier molecular flexibility index (Phi) is 6.38. The summed E-state index contributed by atoms with van der Waals surface area (Å²) in [5.74, 6) is -7.33. The number of nitrogens with one attached hydrogen (secondary N) is 1. The van der Waals surface area contributed by atoms with Gasteiger partial charge in [-0.25, -0.2) is 29.1 Å². The number of rotatable bonds is 6. The van der Waals surface area contributed by atoms with Gasteiger partial charge in [-0.2, -0.15) is 22.0 Å². The first-order valence-electron chi connectivity index (χ1n) is 11.8. The summed E-state index contributed by atoms with van der Waals surface area (Å²) in [6.45, 7) is 1.55. The fraction of sp³-hybridized carbons (Fsp3) is 0.280. The molecular weight excluding hydrogens is 560 g/mol. The molecule has 3 aromatic heterocycles. The van der Waals surface area contributed by atoms with Crippen LogP contribution in [0.25, 0.3) is 17.2 Å². The van der Waals surface area contributed by atoms with E-state index in [0.717, 1.165) is 7.11 Å². The van der Waals surface area contributed by atoms with Crippen molar-refractivity contribution in [3.05, 3.63) is 65.0 Å². The topological polar surface area (TPSA) is 137 Å². The molecule has 1 unspecified atom stereocenters. The van der Waals surface area contributed by atoms with E-state index in [0.29, 0.717) is 5.56 Å². The summed E-state index contributed by atoms with van der Waals surface area (Å²) in [7, 11) is 1.08. The van der Waals surface area contributed by atoms with Crippen molar-refractivity contribution in [2.24, 2.45) is 0 Å². The van der Waals surface area contributed by atoms with E-state index in [1.54, 1.807) is 6.92 Å². The number of fused-ring (bicyclic) bond motifs is 2. The number of hydrogen-bond acceptors (Lipinski definition) is 8. The number of halogens is 6. The van der Waals surface area contributed by atoms with Crippen molar-refractivity contribution in [3.8, 4) is 11.5 Å². The Balaban J connectivity index is 1.62. The molecule has 3 N–H and O–H groups in total. The van der Waals surface area contributed by atoms with Crippen LogP contribution >= 0.6 is 0 Å².